The number of aromatic nitrogens is 3. The van der Waals surface area contributed by atoms with Crippen LogP contribution in [0.3, 0.4) is 0 Å². The van der Waals surface area contributed by atoms with Crippen LogP contribution in [-0.2, 0) is 6.54 Å². The molecule has 3 rings (SSSR count). The average molecular weight is 258 g/mol. The molecule has 0 saturated heterocycles. The van der Waals surface area contributed by atoms with Gasteiger partial charge in [0, 0.05) is 11.2 Å². The lowest BCUT2D eigenvalue weighted by molar-refractivity contribution is 0.777. The van der Waals surface area contributed by atoms with Gasteiger partial charge < -0.3 is 4.57 Å². The third kappa shape index (κ3) is 1.87. The van der Waals surface area contributed by atoms with Crippen molar-refractivity contribution in [2.24, 2.45) is 0 Å². The molecular weight excluding hydrogens is 246 g/mol. The van der Waals surface area contributed by atoms with Crippen LogP contribution in [0.25, 0.3) is 11.2 Å². The summed E-state index contributed by atoms with van der Waals surface area (Å²) in [4.78, 5) is 8.88. The van der Waals surface area contributed by atoms with E-state index in [-0.39, 0.29) is 0 Å². The molecule has 18 heavy (non-hydrogen) atoms. The van der Waals surface area contributed by atoms with E-state index in [4.69, 9.17) is 11.6 Å². The van der Waals surface area contributed by atoms with Crippen LogP contribution in [0.4, 0.5) is 0 Å². The van der Waals surface area contributed by atoms with Crippen molar-refractivity contribution in [3.63, 3.8) is 0 Å². The lowest BCUT2D eigenvalue weighted by atomic mass is 10.2. The van der Waals surface area contributed by atoms with Gasteiger partial charge in [-0.2, -0.15) is 0 Å². The van der Waals surface area contributed by atoms with Crippen molar-refractivity contribution >= 4 is 22.8 Å². The molecule has 0 radical (unpaired) electrons. The summed E-state index contributed by atoms with van der Waals surface area (Å²) < 4.78 is 2.08. The van der Waals surface area contributed by atoms with Gasteiger partial charge in [-0.25, -0.2) is 9.97 Å². The molecule has 3 aromatic rings. The molecule has 0 saturated carbocycles. The van der Waals surface area contributed by atoms with Crippen LogP contribution in [0.5, 0.6) is 0 Å². The van der Waals surface area contributed by atoms with Crippen molar-refractivity contribution in [2.75, 3.05) is 0 Å². The molecule has 0 spiro atoms. The van der Waals surface area contributed by atoms with Gasteiger partial charge in [0.15, 0.2) is 5.65 Å². The van der Waals surface area contributed by atoms with Crippen molar-refractivity contribution in [3.05, 3.63) is 59.0 Å². The van der Waals surface area contributed by atoms with Gasteiger partial charge in [0.05, 0.1) is 6.54 Å². The molecular formula is C14H12ClN3. The zero-order valence-electron chi connectivity index (χ0n) is 9.97. The average Bonchev–Trinajstić information content (AvgIpc) is 2.69. The number of hydrogen-bond donors (Lipinski definition) is 0. The third-order valence-electron chi connectivity index (χ3n) is 2.98. The van der Waals surface area contributed by atoms with Crippen LogP contribution in [0.1, 0.15) is 11.4 Å². The summed E-state index contributed by atoms with van der Waals surface area (Å²) in [5.74, 6) is 0.948. The predicted octanol–water partition coefficient (Wildman–Crippen LogP) is 3.44. The maximum atomic E-state index is 6.19. The Morgan fingerprint density at radius 2 is 2.00 bits per heavy atom. The van der Waals surface area contributed by atoms with E-state index in [1.807, 2.05) is 43.3 Å². The molecule has 3 nitrogen and oxygen atoms in total. The molecule has 0 aliphatic carbocycles. The highest BCUT2D eigenvalue weighted by molar-refractivity contribution is 6.31. The number of nitrogens with zero attached hydrogens (tertiary/aromatic N) is 3. The van der Waals surface area contributed by atoms with E-state index in [1.165, 1.54) is 0 Å². The number of fused-ring (bicyclic) bond motifs is 1. The van der Waals surface area contributed by atoms with E-state index in [1.54, 1.807) is 6.20 Å². The molecule has 0 unspecified atom stereocenters. The molecule has 0 bridgehead atoms. The van der Waals surface area contributed by atoms with Crippen molar-refractivity contribution < 1.29 is 0 Å². The number of aryl methyl sites for hydroxylation is 1. The SMILES string of the molecule is Cc1nc2cccnc2n1Cc1ccccc1Cl. The first-order chi connectivity index (χ1) is 8.75. The molecule has 0 amide bonds. The summed E-state index contributed by atoms with van der Waals surface area (Å²) in [5.41, 5.74) is 2.89. The van der Waals surface area contributed by atoms with Gasteiger partial charge in [0.1, 0.15) is 11.3 Å². The molecule has 4 heteroatoms. The molecule has 90 valence electrons. The standard InChI is InChI=1S/C14H12ClN3/c1-10-17-13-7-4-8-16-14(13)18(10)9-11-5-2-3-6-12(11)15/h2-8H,9H2,1H3. The second-order valence-corrected chi connectivity index (χ2v) is 4.59. The Balaban J connectivity index is 2.10. The first-order valence-corrected chi connectivity index (χ1v) is 6.15. The molecule has 2 heterocycles. The van der Waals surface area contributed by atoms with Gasteiger partial charge >= 0.3 is 0 Å². The molecule has 0 N–H and O–H groups in total. The van der Waals surface area contributed by atoms with E-state index >= 15 is 0 Å². The zero-order chi connectivity index (χ0) is 12.5. The monoisotopic (exact) mass is 257 g/mol. The van der Waals surface area contributed by atoms with Crippen molar-refractivity contribution in [1.82, 2.24) is 14.5 Å². The van der Waals surface area contributed by atoms with Gasteiger partial charge in [-0.05, 0) is 30.7 Å². The van der Waals surface area contributed by atoms with Crippen LogP contribution < -0.4 is 0 Å². The summed E-state index contributed by atoms with van der Waals surface area (Å²) in [7, 11) is 0. The number of rotatable bonds is 2. The van der Waals surface area contributed by atoms with E-state index in [2.05, 4.69) is 14.5 Å². The van der Waals surface area contributed by atoms with Gasteiger partial charge in [-0.3, -0.25) is 0 Å². The number of imidazole rings is 1. The Labute approximate surface area is 110 Å². The van der Waals surface area contributed by atoms with Crippen LogP contribution in [0, 0.1) is 6.92 Å². The molecule has 2 aromatic heterocycles. The highest BCUT2D eigenvalue weighted by Crippen LogP contribution is 2.20. The number of halogens is 1. The second kappa shape index (κ2) is 4.42. The molecule has 0 aliphatic heterocycles. The summed E-state index contributed by atoms with van der Waals surface area (Å²) in [6.45, 7) is 2.68. The van der Waals surface area contributed by atoms with Crippen molar-refractivity contribution in [1.29, 1.82) is 0 Å². The maximum absolute atomic E-state index is 6.19. The first-order valence-electron chi connectivity index (χ1n) is 5.77. The van der Waals surface area contributed by atoms with Crippen molar-refractivity contribution in [3.8, 4) is 0 Å². The van der Waals surface area contributed by atoms with Gasteiger partial charge in [0.25, 0.3) is 0 Å². The summed E-state index contributed by atoms with van der Waals surface area (Å²) >= 11 is 6.19. The Kier molecular flexibility index (Phi) is 2.76. The zero-order valence-corrected chi connectivity index (χ0v) is 10.7. The van der Waals surface area contributed by atoms with E-state index in [0.29, 0.717) is 6.54 Å². The van der Waals surface area contributed by atoms with Crippen LogP contribution >= 0.6 is 11.6 Å². The van der Waals surface area contributed by atoms with Crippen molar-refractivity contribution in [2.45, 2.75) is 13.5 Å². The fraction of sp³-hybridized carbons (Fsp3) is 0.143. The Bertz CT molecular complexity index is 703. The highest BCUT2D eigenvalue weighted by atomic mass is 35.5. The van der Waals surface area contributed by atoms with E-state index in [9.17, 15) is 0 Å². The van der Waals surface area contributed by atoms with Gasteiger partial charge in [-0.15, -0.1) is 0 Å². The first kappa shape index (κ1) is 11.2. The third-order valence-corrected chi connectivity index (χ3v) is 3.35. The largest absolute Gasteiger partial charge is 0.308 e. The quantitative estimate of drug-likeness (QED) is 0.704. The van der Waals surface area contributed by atoms with Crippen LogP contribution in [-0.4, -0.2) is 14.5 Å². The minimum Gasteiger partial charge on any atom is -0.308 e. The summed E-state index contributed by atoms with van der Waals surface area (Å²) in [6.07, 6.45) is 1.78. The Morgan fingerprint density at radius 1 is 1.17 bits per heavy atom. The topological polar surface area (TPSA) is 30.7 Å². The number of pyridine rings is 1. The molecule has 1 aromatic carbocycles. The van der Waals surface area contributed by atoms with Crippen LogP contribution in [0.15, 0.2) is 42.6 Å². The van der Waals surface area contributed by atoms with E-state index in [0.717, 1.165) is 27.6 Å². The minimum atomic E-state index is 0.693. The van der Waals surface area contributed by atoms with Gasteiger partial charge in [0.2, 0.25) is 0 Å². The van der Waals surface area contributed by atoms with Crippen LogP contribution in [0.2, 0.25) is 5.02 Å². The Hall–Kier alpha value is -1.87. The Morgan fingerprint density at radius 3 is 2.83 bits per heavy atom. The molecule has 0 aliphatic rings. The highest BCUT2D eigenvalue weighted by Gasteiger charge is 2.09. The van der Waals surface area contributed by atoms with E-state index < -0.39 is 0 Å². The minimum absolute atomic E-state index is 0.693. The predicted molar refractivity (Wildman–Crippen MR) is 72.8 cm³/mol. The fourth-order valence-corrected chi connectivity index (χ4v) is 2.25. The maximum Gasteiger partial charge on any atom is 0.160 e. The lowest BCUT2D eigenvalue weighted by Gasteiger charge is -2.07. The normalized spacial score (nSPS) is 11.0. The summed E-state index contributed by atoms with van der Waals surface area (Å²) in [5, 5.41) is 0.773. The fourth-order valence-electron chi connectivity index (χ4n) is 2.06. The number of hydrogen-bond acceptors (Lipinski definition) is 2. The number of benzene rings is 1. The lowest BCUT2D eigenvalue weighted by Crippen LogP contribution is -2.03. The van der Waals surface area contributed by atoms with Gasteiger partial charge in [-0.1, -0.05) is 29.8 Å². The summed E-state index contributed by atoms with van der Waals surface area (Å²) in [6, 6.07) is 11.7. The molecule has 0 fully saturated rings. The second-order valence-electron chi connectivity index (χ2n) is 4.18. The molecule has 0 atom stereocenters. The smallest absolute Gasteiger partial charge is 0.160 e.